The Morgan fingerprint density at radius 1 is 0.698 bits per heavy atom. The standard InChI is InChI=1S/C49H33N3S/c1-49-21-7-6-11-36(49)22-34-18-20-43-46(41(34)27-49)51-48-47-40(39-23-31-8-2-3-9-32(31)25-45(39)53-47)26-44(52(43)48)30-15-13-29(14-16-30)33-17-19-38-37-12-5-4-10-35(37)28-50-42(38)24-33/h2-6,8-20,22-26,28H,7,21,27H2,1H3. The lowest BCUT2D eigenvalue weighted by Gasteiger charge is -2.37. The molecule has 0 aliphatic heterocycles. The predicted octanol–water partition coefficient (Wildman–Crippen LogP) is 13.3. The number of aromatic nitrogens is 3. The normalized spacial score (nSPS) is 17.0. The van der Waals surface area contributed by atoms with Crippen molar-refractivity contribution in [2.45, 2.75) is 26.2 Å². The zero-order chi connectivity index (χ0) is 34.8. The van der Waals surface area contributed by atoms with Crippen molar-refractivity contribution in [3.05, 3.63) is 156 Å². The van der Waals surface area contributed by atoms with E-state index < -0.39 is 0 Å². The highest BCUT2D eigenvalue weighted by atomic mass is 32.1. The number of rotatable bonds is 2. The van der Waals surface area contributed by atoms with E-state index >= 15 is 0 Å². The maximum Gasteiger partial charge on any atom is 0.156 e. The van der Waals surface area contributed by atoms with Gasteiger partial charge in [0.05, 0.1) is 26.9 Å². The fourth-order valence-corrected chi connectivity index (χ4v) is 10.4. The maximum absolute atomic E-state index is 5.61. The number of thiophene rings is 1. The first kappa shape index (κ1) is 29.5. The summed E-state index contributed by atoms with van der Waals surface area (Å²) in [5, 5.41) is 8.70. The van der Waals surface area contributed by atoms with E-state index in [4.69, 9.17) is 9.97 Å². The Balaban J connectivity index is 1.08. The van der Waals surface area contributed by atoms with Gasteiger partial charge in [-0.25, -0.2) is 4.98 Å². The van der Waals surface area contributed by atoms with Crippen LogP contribution in [0.1, 0.15) is 30.9 Å². The lowest BCUT2D eigenvalue weighted by Crippen LogP contribution is -2.26. The summed E-state index contributed by atoms with van der Waals surface area (Å²) in [4.78, 5) is 10.4. The SMILES string of the molecule is CC12CCC=CC1=Cc1ccc3c(nc4c5sc6cc7ccccc7cc6c5cc(-c5ccc(-c6ccc7c(c6)ncc6ccccc67)cc5)n34)c1C2. The molecule has 1 atom stereocenters. The fraction of sp³-hybridized carbons (Fsp3) is 0.102. The second-order valence-electron chi connectivity index (χ2n) is 15.3. The second kappa shape index (κ2) is 10.7. The van der Waals surface area contributed by atoms with Crippen molar-refractivity contribution in [1.82, 2.24) is 14.4 Å². The lowest BCUT2D eigenvalue weighted by atomic mass is 9.67. The number of allylic oxidation sites excluding steroid dienone is 3. The minimum Gasteiger partial charge on any atom is -0.291 e. The lowest BCUT2D eigenvalue weighted by molar-refractivity contribution is 0.364. The van der Waals surface area contributed by atoms with Crippen LogP contribution >= 0.6 is 11.3 Å². The van der Waals surface area contributed by atoms with Crippen molar-refractivity contribution in [1.29, 1.82) is 0 Å². The molecule has 0 radical (unpaired) electrons. The van der Waals surface area contributed by atoms with Crippen LogP contribution in [0.3, 0.4) is 0 Å². The van der Waals surface area contributed by atoms with Crippen molar-refractivity contribution in [3.63, 3.8) is 0 Å². The van der Waals surface area contributed by atoms with E-state index in [0.717, 1.165) is 29.5 Å². The topological polar surface area (TPSA) is 30.2 Å². The molecule has 0 saturated carbocycles. The predicted molar refractivity (Wildman–Crippen MR) is 225 cm³/mol. The smallest absolute Gasteiger partial charge is 0.156 e. The van der Waals surface area contributed by atoms with Crippen LogP contribution in [0, 0.1) is 5.41 Å². The van der Waals surface area contributed by atoms with Gasteiger partial charge in [0.1, 0.15) is 0 Å². The Morgan fingerprint density at radius 2 is 1.49 bits per heavy atom. The highest BCUT2D eigenvalue weighted by Gasteiger charge is 2.35. The second-order valence-corrected chi connectivity index (χ2v) is 16.3. The average molecular weight is 696 g/mol. The summed E-state index contributed by atoms with van der Waals surface area (Å²) < 4.78 is 4.99. The van der Waals surface area contributed by atoms with Crippen LogP contribution in [0.4, 0.5) is 0 Å². The molecule has 0 N–H and O–H groups in total. The summed E-state index contributed by atoms with van der Waals surface area (Å²) in [6.45, 7) is 2.44. The molecule has 2 aliphatic carbocycles. The van der Waals surface area contributed by atoms with Gasteiger partial charge in [-0.1, -0.05) is 116 Å². The van der Waals surface area contributed by atoms with Gasteiger partial charge in [-0.15, -0.1) is 11.3 Å². The van der Waals surface area contributed by atoms with Crippen LogP contribution in [-0.4, -0.2) is 14.4 Å². The summed E-state index contributed by atoms with van der Waals surface area (Å²) in [7, 11) is 0. The molecule has 250 valence electrons. The third kappa shape index (κ3) is 4.27. The van der Waals surface area contributed by atoms with Gasteiger partial charge in [0.15, 0.2) is 5.65 Å². The molecule has 6 aromatic carbocycles. The van der Waals surface area contributed by atoms with Crippen LogP contribution in [0.25, 0.3) is 97.8 Å². The Hall–Kier alpha value is -6.10. The van der Waals surface area contributed by atoms with Gasteiger partial charge >= 0.3 is 0 Å². The molecule has 12 rings (SSSR count). The van der Waals surface area contributed by atoms with Gasteiger partial charge in [-0.3, -0.25) is 9.38 Å². The van der Waals surface area contributed by atoms with Crippen molar-refractivity contribution in [2.75, 3.05) is 0 Å². The van der Waals surface area contributed by atoms with Crippen molar-refractivity contribution < 1.29 is 0 Å². The minimum atomic E-state index is 0.142. The zero-order valence-corrected chi connectivity index (χ0v) is 30.0. The summed E-state index contributed by atoms with van der Waals surface area (Å²) in [5.41, 5.74) is 13.4. The summed E-state index contributed by atoms with van der Waals surface area (Å²) in [5.74, 6) is 0. The molecule has 4 aromatic heterocycles. The van der Waals surface area contributed by atoms with E-state index in [9.17, 15) is 0 Å². The molecule has 53 heavy (non-hydrogen) atoms. The Morgan fingerprint density at radius 3 is 2.38 bits per heavy atom. The van der Waals surface area contributed by atoms with Crippen LogP contribution in [0.2, 0.25) is 0 Å². The molecule has 4 heteroatoms. The molecule has 0 spiro atoms. The van der Waals surface area contributed by atoms with Gasteiger partial charge in [0.25, 0.3) is 0 Å². The Bertz CT molecular complexity index is 3270. The number of pyridine rings is 2. The Labute approximate surface area is 310 Å². The van der Waals surface area contributed by atoms with Gasteiger partial charge in [0.2, 0.25) is 0 Å². The molecule has 0 fully saturated rings. The first-order chi connectivity index (χ1) is 26.1. The highest BCUT2D eigenvalue weighted by molar-refractivity contribution is 7.26. The number of hydrogen-bond acceptors (Lipinski definition) is 3. The first-order valence-corrected chi connectivity index (χ1v) is 19.4. The van der Waals surface area contributed by atoms with Gasteiger partial charge < -0.3 is 0 Å². The molecule has 10 aromatic rings. The number of benzene rings is 6. The molecule has 3 nitrogen and oxygen atoms in total. The van der Waals surface area contributed by atoms with Crippen LogP contribution < -0.4 is 0 Å². The van der Waals surface area contributed by atoms with E-state index in [1.54, 1.807) is 0 Å². The molecule has 0 saturated heterocycles. The van der Waals surface area contributed by atoms with E-state index in [1.165, 1.54) is 98.1 Å². The van der Waals surface area contributed by atoms with Gasteiger partial charge in [0, 0.05) is 32.4 Å². The number of hydrogen-bond donors (Lipinski definition) is 0. The molecule has 1 unspecified atom stereocenters. The number of nitrogens with zero attached hydrogens (tertiary/aromatic N) is 3. The highest BCUT2D eigenvalue weighted by Crippen LogP contribution is 2.48. The monoisotopic (exact) mass is 695 g/mol. The molecule has 2 aliphatic rings. The van der Waals surface area contributed by atoms with Crippen molar-refractivity contribution in [2.24, 2.45) is 5.41 Å². The van der Waals surface area contributed by atoms with Gasteiger partial charge in [-0.05, 0) is 105 Å². The fourth-order valence-electron chi connectivity index (χ4n) is 9.26. The zero-order valence-electron chi connectivity index (χ0n) is 29.2. The van der Waals surface area contributed by atoms with E-state index in [1.807, 2.05) is 17.5 Å². The first-order valence-electron chi connectivity index (χ1n) is 18.6. The number of fused-ring (bicyclic) bond motifs is 14. The van der Waals surface area contributed by atoms with Crippen molar-refractivity contribution >= 4 is 86.7 Å². The Kier molecular flexibility index (Phi) is 5.96. The minimum absolute atomic E-state index is 0.142. The van der Waals surface area contributed by atoms with Gasteiger partial charge in [-0.2, -0.15) is 0 Å². The van der Waals surface area contributed by atoms with E-state index in [0.29, 0.717) is 0 Å². The third-order valence-corrected chi connectivity index (χ3v) is 13.3. The quantitative estimate of drug-likeness (QED) is 0.169. The largest absolute Gasteiger partial charge is 0.291 e. The molecular weight excluding hydrogens is 663 g/mol. The molecule has 4 heterocycles. The van der Waals surface area contributed by atoms with Crippen LogP contribution in [-0.2, 0) is 6.42 Å². The van der Waals surface area contributed by atoms with Crippen molar-refractivity contribution in [3.8, 4) is 22.4 Å². The third-order valence-electron chi connectivity index (χ3n) is 12.1. The number of imidazole rings is 1. The molecular formula is C49H33N3S. The summed E-state index contributed by atoms with van der Waals surface area (Å²) in [6, 6.07) is 44.7. The molecule has 0 amide bonds. The van der Waals surface area contributed by atoms with Crippen LogP contribution in [0.15, 0.2) is 145 Å². The summed E-state index contributed by atoms with van der Waals surface area (Å²) >= 11 is 1.87. The van der Waals surface area contributed by atoms with E-state index in [-0.39, 0.29) is 5.41 Å². The molecule has 0 bridgehead atoms. The maximum atomic E-state index is 5.61. The van der Waals surface area contributed by atoms with Crippen LogP contribution in [0.5, 0.6) is 0 Å². The van der Waals surface area contributed by atoms with E-state index in [2.05, 4.69) is 151 Å². The summed E-state index contributed by atoms with van der Waals surface area (Å²) in [6.07, 6.45) is 12.4. The average Bonchev–Trinajstić information content (AvgIpc) is 3.77.